The molecule has 0 amide bonds. The number of rotatable bonds is 5. The lowest BCUT2D eigenvalue weighted by molar-refractivity contribution is 0.173. The average Bonchev–Trinajstić information content (AvgIpc) is 2.75. The molecule has 0 aliphatic rings. The third-order valence-corrected chi connectivity index (χ3v) is 2.86. The second-order valence-corrected chi connectivity index (χ2v) is 4.57. The average molecular weight is 245 g/mol. The molecular formula is C15H19NO2. The summed E-state index contributed by atoms with van der Waals surface area (Å²) < 4.78 is 5.45. The van der Waals surface area contributed by atoms with E-state index in [1.54, 1.807) is 0 Å². The molecule has 96 valence electrons. The zero-order chi connectivity index (χ0) is 13.0. The lowest BCUT2D eigenvalue weighted by Gasteiger charge is -2.12. The highest BCUT2D eigenvalue weighted by Gasteiger charge is 2.07. The number of aliphatic hydroxyl groups excluding tert-OH is 1. The Kier molecular flexibility index (Phi) is 4.18. The molecule has 1 aromatic heterocycles. The van der Waals surface area contributed by atoms with Crippen molar-refractivity contribution in [1.82, 2.24) is 5.32 Å². The maximum absolute atomic E-state index is 10.0. The van der Waals surface area contributed by atoms with Crippen LogP contribution in [-0.2, 0) is 6.54 Å². The number of hydrogen-bond donors (Lipinski definition) is 2. The van der Waals surface area contributed by atoms with E-state index in [-0.39, 0.29) is 0 Å². The molecule has 2 rings (SSSR count). The molecule has 0 bridgehead atoms. The molecule has 0 aliphatic carbocycles. The summed E-state index contributed by atoms with van der Waals surface area (Å²) in [7, 11) is 0. The quantitative estimate of drug-likeness (QED) is 0.851. The number of hydrogen-bond acceptors (Lipinski definition) is 3. The Balaban J connectivity index is 1.83. The molecule has 1 heterocycles. The molecule has 1 aromatic carbocycles. The van der Waals surface area contributed by atoms with Crippen molar-refractivity contribution in [2.24, 2.45) is 0 Å². The van der Waals surface area contributed by atoms with Crippen LogP contribution in [0.2, 0.25) is 0 Å². The predicted octanol–water partition coefficient (Wildman–Crippen LogP) is 2.72. The third kappa shape index (κ3) is 3.45. The molecule has 0 saturated heterocycles. The Morgan fingerprint density at radius 1 is 1.22 bits per heavy atom. The minimum atomic E-state index is -0.485. The number of nitrogens with one attached hydrogen (secondary N) is 1. The number of aliphatic hydroxyl groups is 1. The fourth-order valence-corrected chi connectivity index (χ4v) is 1.91. The van der Waals surface area contributed by atoms with E-state index in [4.69, 9.17) is 4.42 Å². The van der Waals surface area contributed by atoms with Crippen LogP contribution in [0.1, 0.15) is 28.8 Å². The molecule has 0 fully saturated rings. The first-order chi connectivity index (χ1) is 8.65. The van der Waals surface area contributed by atoms with E-state index in [2.05, 4.69) is 5.32 Å². The maximum Gasteiger partial charge on any atom is 0.117 e. The van der Waals surface area contributed by atoms with E-state index in [1.807, 2.05) is 50.2 Å². The summed E-state index contributed by atoms with van der Waals surface area (Å²) in [6.45, 7) is 5.10. The Morgan fingerprint density at radius 2 is 2.06 bits per heavy atom. The molecule has 18 heavy (non-hydrogen) atoms. The van der Waals surface area contributed by atoms with E-state index >= 15 is 0 Å². The third-order valence-electron chi connectivity index (χ3n) is 2.86. The second kappa shape index (κ2) is 5.85. The molecular weight excluding hydrogens is 226 g/mol. The molecule has 0 radical (unpaired) electrons. The van der Waals surface area contributed by atoms with Crippen molar-refractivity contribution >= 4 is 0 Å². The predicted molar refractivity (Wildman–Crippen MR) is 71.3 cm³/mol. The largest absolute Gasteiger partial charge is 0.465 e. The monoisotopic (exact) mass is 245 g/mol. The molecule has 3 heteroatoms. The zero-order valence-electron chi connectivity index (χ0n) is 10.8. The van der Waals surface area contributed by atoms with Crippen molar-refractivity contribution < 1.29 is 9.52 Å². The Bertz CT molecular complexity index is 505. The smallest absolute Gasteiger partial charge is 0.117 e. The maximum atomic E-state index is 10.0. The fraction of sp³-hybridized carbons (Fsp3) is 0.333. The lowest BCUT2D eigenvalue weighted by atomic mass is 10.1. The van der Waals surface area contributed by atoms with Crippen LogP contribution < -0.4 is 5.32 Å². The van der Waals surface area contributed by atoms with Gasteiger partial charge in [-0.25, -0.2) is 0 Å². The van der Waals surface area contributed by atoms with E-state index in [9.17, 15) is 5.11 Å². The number of furan rings is 1. The summed E-state index contributed by atoms with van der Waals surface area (Å²) in [6.07, 6.45) is -0.485. The van der Waals surface area contributed by atoms with Gasteiger partial charge in [0.1, 0.15) is 11.5 Å². The topological polar surface area (TPSA) is 45.4 Å². The molecule has 1 unspecified atom stereocenters. The molecule has 3 nitrogen and oxygen atoms in total. The van der Waals surface area contributed by atoms with Crippen LogP contribution in [0.15, 0.2) is 40.8 Å². The molecule has 0 aliphatic heterocycles. The molecule has 0 spiro atoms. The summed E-state index contributed by atoms with van der Waals surface area (Å²) in [6, 6.07) is 11.8. The lowest BCUT2D eigenvalue weighted by Crippen LogP contribution is -2.20. The highest BCUT2D eigenvalue weighted by Crippen LogP contribution is 2.13. The summed E-state index contributed by atoms with van der Waals surface area (Å²) in [5.74, 6) is 1.80. The van der Waals surface area contributed by atoms with E-state index in [0.29, 0.717) is 13.1 Å². The fourth-order valence-electron chi connectivity index (χ4n) is 1.91. The van der Waals surface area contributed by atoms with Gasteiger partial charge >= 0.3 is 0 Å². The van der Waals surface area contributed by atoms with Crippen LogP contribution in [0.3, 0.4) is 0 Å². The Morgan fingerprint density at radius 3 is 2.72 bits per heavy atom. The van der Waals surface area contributed by atoms with Gasteiger partial charge < -0.3 is 14.8 Å². The molecule has 2 aromatic rings. The van der Waals surface area contributed by atoms with Gasteiger partial charge in [-0.05, 0) is 31.5 Å². The SMILES string of the molecule is Cc1cccc(C(O)CNCc2ccc(C)o2)c1. The first-order valence-electron chi connectivity index (χ1n) is 6.16. The summed E-state index contributed by atoms with van der Waals surface area (Å²) in [5, 5.41) is 13.2. The van der Waals surface area contributed by atoms with Crippen LogP contribution in [-0.4, -0.2) is 11.7 Å². The van der Waals surface area contributed by atoms with Gasteiger partial charge in [0, 0.05) is 6.54 Å². The van der Waals surface area contributed by atoms with Crippen molar-refractivity contribution in [3.63, 3.8) is 0 Å². The van der Waals surface area contributed by atoms with Crippen LogP contribution in [0.5, 0.6) is 0 Å². The van der Waals surface area contributed by atoms with E-state index in [1.165, 1.54) is 0 Å². The van der Waals surface area contributed by atoms with Gasteiger partial charge in [-0.15, -0.1) is 0 Å². The van der Waals surface area contributed by atoms with Gasteiger partial charge in [0.25, 0.3) is 0 Å². The van der Waals surface area contributed by atoms with Crippen LogP contribution in [0.4, 0.5) is 0 Å². The molecule has 0 saturated carbocycles. The van der Waals surface area contributed by atoms with Crippen LogP contribution in [0, 0.1) is 13.8 Å². The van der Waals surface area contributed by atoms with Gasteiger partial charge in [0.05, 0.1) is 12.6 Å². The highest BCUT2D eigenvalue weighted by molar-refractivity contribution is 5.24. The van der Waals surface area contributed by atoms with Crippen molar-refractivity contribution in [3.8, 4) is 0 Å². The Hall–Kier alpha value is -1.58. The normalized spacial score (nSPS) is 12.6. The highest BCUT2D eigenvalue weighted by atomic mass is 16.3. The van der Waals surface area contributed by atoms with Crippen molar-refractivity contribution in [1.29, 1.82) is 0 Å². The van der Waals surface area contributed by atoms with Gasteiger partial charge in [0.2, 0.25) is 0 Å². The van der Waals surface area contributed by atoms with Gasteiger partial charge in [-0.3, -0.25) is 0 Å². The van der Waals surface area contributed by atoms with Crippen molar-refractivity contribution in [2.75, 3.05) is 6.54 Å². The Labute approximate surface area is 107 Å². The standard InChI is InChI=1S/C15H19NO2/c1-11-4-3-5-13(8-11)15(17)10-16-9-14-7-6-12(2)18-14/h3-8,15-17H,9-10H2,1-2H3. The van der Waals surface area contributed by atoms with Gasteiger partial charge in [-0.2, -0.15) is 0 Å². The minimum Gasteiger partial charge on any atom is -0.465 e. The molecule has 2 N–H and O–H groups in total. The van der Waals surface area contributed by atoms with E-state index in [0.717, 1.165) is 22.6 Å². The van der Waals surface area contributed by atoms with Crippen LogP contribution >= 0.6 is 0 Å². The van der Waals surface area contributed by atoms with Crippen LogP contribution in [0.25, 0.3) is 0 Å². The summed E-state index contributed by atoms with van der Waals surface area (Å²) in [5.41, 5.74) is 2.10. The van der Waals surface area contributed by atoms with Crippen molar-refractivity contribution in [2.45, 2.75) is 26.5 Å². The van der Waals surface area contributed by atoms with Gasteiger partial charge in [-0.1, -0.05) is 29.8 Å². The summed E-state index contributed by atoms with van der Waals surface area (Å²) >= 11 is 0. The summed E-state index contributed by atoms with van der Waals surface area (Å²) in [4.78, 5) is 0. The first kappa shape index (κ1) is 12.9. The van der Waals surface area contributed by atoms with Gasteiger partial charge in [0.15, 0.2) is 0 Å². The number of benzene rings is 1. The minimum absolute atomic E-state index is 0.485. The zero-order valence-corrected chi connectivity index (χ0v) is 10.8. The number of aryl methyl sites for hydroxylation is 2. The molecule has 1 atom stereocenters. The second-order valence-electron chi connectivity index (χ2n) is 4.57. The van der Waals surface area contributed by atoms with Crippen molar-refractivity contribution in [3.05, 3.63) is 59.0 Å². The first-order valence-corrected chi connectivity index (χ1v) is 6.16. The van der Waals surface area contributed by atoms with E-state index < -0.39 is 6.10 Å².